The van der Waals surface area contributed by atoms with Gasteiger partial charge in [0.25, 0.3) is 0 Å². The van der Waals surface area contributed by atoms with Crippen molar-refractivity contribution < 1.29 is 4.79 Å². The smallest absolute Gasteiger partial charge is 0.225 e. The van der Waals surface area contributed by atoms with Crippen LogP contribution in [0.15, 0.2) is 24.4 Å². The molecular formula is C16H21N5O. The average Bonchev–Trinajstić information content (AvgIpc) is 3.20. The Bertz CT molecular complexity index is 709. The minimum Gasteiger partial charge on any atom is -0.346 e. The van der Waals surface area contributed by atoms with Crippen molar-refractivity contribution in [2.75, 3.05) is 0 Å². The summed E-state index contributed by atoms with van der Waals surface area (Å²) in [6.45, 7) is 1.94. The van der Waals surface area contributed by atoms with E-state index in [2.05, 4.69) is 15.5 Å². The molecular weight excluding hydrogens is 278 g/mol. The van der Waals surface area contributed by atoms with Gasteiger partial charge in [-0.05, 0) is 50.2 Å². The fourth-order valence-electron chi connectivity index (χ4n) is 4.25. The van der Waals surface area contributed by atoms with Gasteiger partial charge in [-0.15, -0.1) is 10.2 Å². The van der Waals surface area contributed by atoms with E-state index in [1.54, 1.807) is 0 Å². The lowest BCUT2D eigenvalue weighted by molar-refractivity contribution is -0.127. The Morgan fingerprint density at radius 1 is 1.36 bits per heavy atom. The average molecular weight is 299 g/mol. The molecule has 2 aliphatic rings. The predicted molar refractivity (Wildman–Crippen MR) is 81.8 cm³/mol. The molecule has 22 heavy (non-hydrogen) atoms. The third-order valence-electron chi connectivity index (χ3n) is 5.37. The summed E-state index contributed by atoms with van der Waals surface area (Å²) in [4.78, 5) is 12.6. The summed E-state index contributed by atoms with van der Waals surface area (Å²) in [5.74, 6) is 1.77. The van der Waals surface area contributed by atoms with Crippen molar-refractivity contribution in [2.24, 2.45) is 23.5 Å². The lowest BCUT2D eigenvalue weighted by Gasteiger charge is -2.28. The summed E-state index contributed by atoms with van der Waals surface area (Å²) in [5.41, 5.74) is 7.04. The molecule has 6 heteroatoms. The molecule has 2 heterocycles. The molecule has 2 saturated carbocycles. The maximum Gasteiger partial charge on any atom is 0.225 e. The normalized spacial score (nSPS) is 31.5. The van der Waals surface area contributed by atoms with Gasteiger partial charge in [-0.3, -0.25) is 9.20 Å². The zero-order chi connectivity index (χ0) is 15.3. The number of rotatable bonds is 3. The van der Waals surface area contributed by atoms with Gasteiger partial charge in [0, 0.05) is 12.2 Å². The van der Waals surface area contributed by atoms with E-state index >= 15 is 0 Å². The van der Waals surface area contributed by atoms with E-state index in [4.69, 9.17) is 5.73 Å². The highest BCUT2D eigenvalue weighted by Crippen LogP contribution is 2.47. The first-order valence-electron chi connectivity index (χ1n) is 8.01. The number of nitrogens with two attached hydrogens (primary N) is 1. The van der Waals surface area contributed by atoms with Gasteiger partial charge in [0.1, 0.15) is 0 Å². The Balaban J connectivity index is 1.52. The molecule has 0 aliphatic heterocycles. The zero-order valence-corrected chi connectivity index (χ0v) is 12.6. The van der Waals surface area contributed by atoms with Crippen LogP contribution in [-0.4, -0.2) is 26.5 Å². The molecule has 2 aromatic rings. The van der Waals surface area contributed by atoms with Crippen molar-refractivity contribution in [1.29, 1.82) is 0 Å². The maximum atomic E-state index is 12.6. The lowest BCUT2D eigenvalue weighted by atomic mass is 9.84. The van der Waals surface area contributed by atoms with Crippen LogP contribution in [0.1, 0.15) is 38.1 Å². The Hall–Kier alpha value is -1.95. The van der Waals surface area contributed by atoms with Crippen LogP contribution in [0.4, 0.5) is 0 Å². The van der Waals surface area contributed by atoms with E-state index in [9.17, 15) is 4.79 Å². The van der Waals surface area contributed by atoms with Crippen molar-refractivity contribution in [3.63, 3.8) is 0 Å². The topological polar surface area (TPSA) is 85.3 Å². The van der Waals surface area contributed by atoms with Crippen LogP contribution in [0.5, 0.6) is 0 Å². The number of nitrogens with zero attached hydrogens (tertiary/aromatic N) is 3. The molecule has 116 valence electrons. The van der Waals surface area contributed by atoms with Crippen molar-refractivity contribution in [3.05, 3.63) is 30.2 Å². The molecule has 6 nitrogen and oxygen atoms in total. The van der Waals surface area contributed by atoms with Crippen molar-refractivity contribution in [1.82, 2.24) is 19.9 Å². The van der Waals surface area contributed by atoms with E-state index in [-0.39, 0.29) is 23.9 Å². The summed E-state index contributed by atoms with van der Waals surface area (Å²) in [6, 6.07) is 5.58. The van der Waals surface area contributed by atoms with E-state index < -0.39 is 0 Å². The standard InChI is InChI=1S/C16H21N5O/c1-9(15-20-19-12-4-2-3-7-21(12)15)18-16(22)13-10-5-6-11(8-10)14(13)17/h2-4,7,9-11,13-14H,5-6,8,17H2,1H3,(H,18,22). The minimum atomic E-state index is -0.184. The Labute approximate surface area is 129 Å². The second-order valence-electron chi connectivity index (χ2n) is 6.65. The quantitative estimate of drug-likeness (QED) is 0.894. The Morgan fingerprint density at radius 3 is 2.95 bits per heavy atom. The first-order chi connectivity index (χ1) is 10.6. The van der Waals surface area contributed by atoms with Gasteiger partial charge >= 0.3 is 0 Å². The first-order valence-corrected chi connectivity index (χ1v) is 8.01. The number of carbonyl (C=O) groups is 1. The van der Waals surface area contributed by atoms with Crippen molar-refractivity contribution >= 4 is 11.6 Å². The fourth-order valence-corrected chi connectivity index (χ4v) is 4.25. The third kappa shape index (κ3) is 2.01. The number of hydrogen-bond donors (Lipinski definition) is 2. The molecule has 5 atom stereocenters. The van der Waals surface area contributed by atoms with Gasteiger partial charge in [0.05, 0.1) is 12.0 Å². The third-order valence-corrected chi connectivity index (χ3v) is 5.37. The number of pyridine rings is 1. The number of amides is 1. The zero-order valence-electron chi connectivity index (χ0n) is 12.6. The second-order valence-corrected chi connectivity index (χ2v) is 6.65. The van der Waals surface area contributed by atoms with Gasteiger partial charge in [-0.2, -0.15) is 0 Å². The molecule has 2 aromatic heterocycles. The van der Waals surface area contributed by atoms with Crippen LogP contribution in [0.2, 0.25) is 0 Å². The molecule has 2 fully saturated rings. The van der Waals surface area contributed by atoms with E-state index in [0.29, 0.717) is 11.8 Å². The lowest BCUT2D eigenvalue weighted by Crippen LogP contribution is -2.46. The van der Waals surface area contributed by atoms with Gasteiger partial charge in [0.15, 0.2) is 11.5 Å². The summed E-state index contributed by atoms with van der Waals surface area (Å²) >= 11 is 0. The van der Waals surface area contributed by atoms with Gasteiger partial charge in [-0.1, -0.05) is 6.07 Å². The minimum absolute atomic E-state index is 0.0149. The number of nitrogens with one attached hydrogen (secondary N) is 1. The van der Waals surface area contributed by atoms with Crippen LogP contribution < -0.4 is 11.1 Å². The number of aromatic nitrogens is 3. The van der Waals surface area contributed by atoms with Crippen LogP contribution in [-0.2, 0) is 4.79 Å². The van der Waals surface area contributed by atoms with Crippen LogP contribution in [0, 0.1) is 17.8 Å². The van der Waals surface area contributed by atoms with E-state index in [0.717, 1.165) is 24.3 Å². The largest absolute Gasteiger partial charge is 0.346 e. The fraction of sp³-hybridized carbons (Fsp3) is 0.562. The van der Waals surface area contributed by atoms with Gasteiger partial charge < -0.3 is 11.1 Å². The SMILES string of the molecule is CC(NC(=O)C1C2CCC(C2)C1N)c1nnc2ccccn12. The predicted octanol–water partition coefficient (Wildman–Crippen LogP) is 1.28. The van der Waals surface area contributed by atoms with E-state index in [1.807, 2.05) is 35.7 Å². The van der Waals surface area contributed by atoms with Crippen LogP contribution in [0.3, 0.4) is 0 Å². The number of carbonyl (C=O) groups excluding carboxylic acids is 1. The summed E-state index contributed by atoms with van der Waals surface area (Å²) in [5, 5.41) is 11.4. The highest BCUT2D eigenvalue weighted by molar-refractivity contribution is 5.80. The maximum absolute atomic E-state index is 12.6. The molecule has 1 amide bonds. The Kier molecular flexibility index (Phi) is 3.14. The molecule has 3 N–H and O–H groups in total. The van der Waals surface area contributed by atoms with Crippen LogP contribution >= 0.6 is 0 Å². The number of fused-ring (bicyclic) bond motifs is 3. The molecule has 0 radical (unpaired) electrons. The van der Waals surface area contributed by atoms with Gasteiger partial charge in [-0.25, -0.2) is 0 Å². The molecule has 0 saturated heterocycles. The summed E-state index contributed by atoms with van der Waals surface area (Å²) < 4.78 is 1.91. The molecule has 0 aromatic carbocycles. The molecule has 5 unspecified atom stereocenters. The van der Waals surface area contributed by atoms with Crippen LogP contribution in [0.25, 0.3) is 5.65 Å². The highest BCUT2D eigenvalue weighted by atomic mass is 16.2. The molecule has 0 spiro atoms. The highest BCUT2D eigenvalue weighted by Gasteiger charge is 2.49. The van der Waals surface area contributed by atoms with Crippen molar-refractivity contribution in [3.8, 4) is 0 Å². The first kappa shape index (κ1) is 13.7. The summed E-state index contributed by atoms with van der Waals surface area (Å²) in [6.07, 6.45) is 5.34. The Morgan fingerprint density at radius 2 is 2.18 bits per heavy atom. The van der Waals surface area contributed by atoms with Gasteiger partial charge in [0.2, 0.25) is 5.91 Å². The molecule has 4 rings (SSSR count). The monoisotopic (exact) mass is 299 g/mol. The summed E-state index contributed by atoms with van der Waals surface area (Å²) in [7, 11) is 0. The second kappa shape index (κ2) is 5.05. The van der Waals surface area contributed by atoms with Crippen molar-refractivity contribution in [2.45, 2.75) is 38.3 Å². The molecule has 2 aliphatic carbocycles. The van der Waals surface area contributed by atoms with E-state index in [1.165, 1.54) is 6.42 Å². The molecule has 2 bridgehead atoms. The number of hydrogen-bond acceptors (Lipinski definition) is 4.